The predicted molar refractivity (Wildman–Crippen MR) is 93.2 cm³/mol. The summed E-state index contributed by atoms with van der Waals surface area (Å²) in [5.41, 5.74) is 0. The van der Waals surface area contributed by atoms with Gasteiger partial charge in [-0.1, -0.05) is 11.2 Å². The lowest BCUT2D eigenvalue weighted by molar-refractivity contribution is -0.136. The third kappa shape index (κ3) is 4.25. The number of piperidine rings is 1. The van der Waals surface area contributed by atoms with E-state index in [1.807, 2.05) is 17.5 Å². The highest BCUT2D eigenvalue weighted by molar-refractivity contribution is 7.88. The molecule has 3 heterocycles. The van der Waals surface area contributed by atoms with Crippen LogP contribution in [0.3, 0.4) is 0 Å². The first-order valence-electron chi connectivity index (χ1n) is 7.91. The summed E-state index contributed by atoms with van der Waals surface area (Å²) in [5, 5.41) is 5.85. The van der Waals surface area contributed by atoms with Crippen molar-refractivity contribution in [1.82, 2.24) is 19.3 Å². The van der Waals surface area contributed by atoms with Gasteiger partial charge in [0.25, 0.3) is 0 Å². The molecule has 25 heavy (non-hydrogen) atoms. The maximum absolute atomic E-state index is 12.6. The van der Waals surface area contributed by atoms with E-state index in [9.17, 15) is 13.2 Å². The number of hydrogen-bond acceptors (Lipinski definition) is 7. The minimum atomic E-state index is -3.28. The van der Waals surface area contributed by atoms with Crippen molar-refractivity contribution in [2.45, 2.75) is 19.4 Å². The van der Waals surface area contributed by atoms with Gasteiger partial charge in [0.15, 0.2) is 0 Å². The Bertz CT molecular complexity index is 832. The molecule has 10 heteroatoms. The molecular weight excluding hydrogens is 364 g/mol. The van der Waals surface area contributed by atoms with E-state index >= 15 is 0 Å². The topological polar surface area (TPSA) is 96.6 Å². The highest BCUT2D eigenvalue weighted by Crippen LogP contribution is 2.23. The average molecular weight is 384 g/mol. The average Bonchev–Trinajstić information content (AvgIpc) is 3.24. The van der Waals surface area contributed by atoms with Crippen molar-refractivity contribution in [1.29, 1.82) is 0 Å². The summed E-state index contributed by atoms with van der Waals surface area (Å²) in [6.07, 6.45) is 2.54. The first-order valence-corrected chi connectivity index (χ1v) is 10.6. The van der Waals surface area contributed by atoms with Gasteiger partial charge in [-0.05, 0) is 24.3 Å². The number of thiophene rings is 1. The van der Waals surface area contributed by atoms with Gasteiger partial charge in [0, 0.05) is 20.1 Å². The zero-order chi connectivity index (χ0) is 18.0. The van der Waals surface area contributed by atoms with Gasteiger partial charge in [0.1, 0.15) is 0 Å². The molecule has 1 saturated heterocycles. The van der Waals surface area contributed by atoms with E-state index in [2.05, 4.69) is 10.1 Å². The molecule has 0 unspecified atom stereocenters. The van der Waals surface area contributed by atoms with Gasteiger partial charge in [0.05, 0.1) is 23.6 Å². The fourth-order valence-corrected chi connectivity index (χ4v) is 4.42. The highest BCUT2D eigenvalue weighted by atomic mass is 32.2. The smallest absolute Gasteiger partial charge is 0.246 e. The van der Waals surface area contributed by atoms with Crippen LogP contribution in [0.25, 0.3) is 10.7 Å². The van der Waals surface area contributed by atoms with Crippen molar-refractivity contribution >= 4 is 27.3 Å². The number of sulfonamides is 1. The van der Waals surface area contributed by atoms with E-state index in [0.29, 0.717) is 31.1 Å². The lowest BCUT2D eigenvalue weighted by atomic mass is 9.98. The Morgan fingerprint density at radius 2 is 2.32 bits per heavy atom. The molecule has 1 aliphatic heterocycles. The SMILES string of the molecule is CN(Cc1nc(-c2cccs2)no1)C(=O)[C@@H]1CCCN(S(C)(=O)=O)C1. The number of carbonyl (C=O) groups is 1. The van der Waals surface area contributed by atoms with Gasteiger partial charge in [-0.15, -0.1) is 11.3 Å². The molecule has 3 rings (SSSR count). The number of carbonyl (C=O) groups excluding carboxylic acids is 1. The van der Waals surface area contributed by atoms with E-state index in [1.54, 1.807) is 7.05 Å². The van der Waals surface area contributed by atoms with Crippen molar-refractivity contribution in [3.63, 3.8) is 0 Å². The Kier molecular flexibility index (Phi) is 5.21. The molecule has 8 nitrogen and oxygen atoms in total. The van der Waals surface area contributed by atoms with Crippen molar-refractivity contribution in [3.8, 4) is 10.7 Å². The molecule has 2 aromatic heterocycles. The van der Waals surface area contributed by atoms with E-state index in [-0.39, 0.29) is 24.9 Å². The number of nitrogens with zero attached hydrogens (tertiary/aromatic N) is 4. The molecule has 0 radical (unpaired) electrons. The second-order valence-electron chi connectivity index (χ2n) is 6.14. The summed E-state index contributed by atoms with van der Waals surface area (Å²) >= 11 is 1.51. The quantitative estimate of drug-likeness (QED) is 0.774. The molecule has 0 N–H and O–H groups in total. The summed E-state index contributed by atoms with van der Waals surface area (Å²) in [4.78, 5) is 19.4. The molecule has 0 saturated carbocycles. The van der Waals surface area contributed by atoms with Crippen molar-refractivity contribution in [3.05, 3.63) is 23.4 Å². The highest BCUT2D eigenvalue weighted by Gasteiger charge is 2.32. The Labute approximate surface area is 150 Å². The second-order valence-corrected chi connectivity index (χ2v) is 9.07. The summed E-state index contributed by atoms with van der Waals surface area (Å²) in [6.45, 7) is 0.902. The molecule has 0 aromatic carbocycles. The first kappa shape index (κ1) is 18.0. The van der Waals surface area contributed by atoms with Crippen LogP contribution in [0, 0.1) is 5.92 Å². The van der Waals surface area contributed by atoms with Gasteiger partial charge in [-0.3, -0.25) is 4.79 Å². The Balaban J connectivity index is 1.63. The third-order valence-electron chi connectivity index (χ3n) is 4.16. The van der Waals surface area contributed by atoms with E-state index < -0.39 is 10.0 Å². The molecule has 0 aliphatic carbocycles. The summed E-state index contributed by atoms with van der Waals surface area (Å²) in [5.74, 6) is 0.416. The number of hydrogen-bond donors (Lipinski definition) is 0. The molecule has 2 aromatic rings. The van der Waals surface area contributed by atoms with Crippen molar-refractivity contribution in [2.24, 2.45) is 5.92 Å². The molecule has 136 valence electrons. The van der Waals surface area contributed by atoms with Crippen LogP contribution in [0.1, 0.15) is 18.7 Å². The van der Waals surface area contributed by atoms with Crippen LogP contribution in [0.2, 0.25) is 0 Å². The number of rotatable bonds is 5. The molecule has 1 fully saturated rings. The van der Waals surface area contributed by atoms with Gasteiger partial charge in [-0.25, -0.2) is 12.7 Å². The normalized spacial score (nSPS) is 19.0. The minimum absolute atomic E-state index is 0.107. The minimum Gasteiger partial charge on any atom is -0.337 e. The predicted octanol–water partition coefficient (Wildman–Crippen LogP) is 1.43. The van der Waals surface area contributed by atoms with Gasteiger partial charge in [0.2, 0.25) is 27.6 Å². The lowest BCUT2D eigenvalue weighted by Gasteiger charge is -2.32. The Morgan fingerprint density at radius 3 is 3.00 bits per heavy atom. The van der Waals surface area contributed by atoms with Crippen LogP contribution in [0.5, 0.6) is 0 Å². The van der Waals surface area contributed by atoms with E-state index in [0.717, 1.165) is 4.88 Å². The first-order chi connectivity index (χ1) is 11.8. The van der Waals surface area contributed by atoms with Gasteiger partial charge >= 0.3 is 0 Å². The number of amides is 1. The van der Waals surface area contributed by atoms with Crippen molar-refractivity contribution < 1.29 is 17.7 Å². The standard InChI is InChI=1S/C15H20N4O4S2/c1-18(10-13-16-14(17-23-13)12-6-4-8-24-12)15(20)11-5-3-7-19(9-11)25(2,21)22/h4,6,8,11H,3,5,7,9-10H2,1-2H3/t11-/m1/s1. The maximum Gasteiger partial charge on any atom is 0.246 e. The molecule has 0 spiro atoms. The van der Waals surface area contributed by atoms with Crippen LogP contribution in [0.15, 0.2) is 22.0 Å². The zero-order valence-electron chi connectivity index (χ0n) is 14.1. The molecule has 1 amide bonds. The monoisotopic (exact) mass is 384 g/mol. The van der Waals surface area contributed by atoms with Crippen LogP contribution in [-0.4, -0.2) is 60.1 Å². The molecule has 1 atom stereocenters. The second kappa shape index (κ2) is 7.22. The summed E-state index contributed by atoms with van der Waals surface area (Å²) < 4.78 is 30.0. The van der Waals surface area contributed by atoms with Crippen molar-refractivity contribution in [2.75, 3.05) is 26.4 Å². The summed E-state index contributed by atoms with van der Waals surface area (Å²) in [6, 6.07) is 3.80. The lowest BCUT2D eigenvalue weighted by Crippen LogP contribution is -2.45. The molecule has 0 bridgehead atoms. The largest absolute Gasteiger partial charge is 0.337 e. The van der Waals surface area contributed by atoms with Crippen LogP contribution in [-0.2, 0) is 21.4 Å². The zero-order valence-corrected chi connectivity index (χ0v) is 15.7. The fourth-order valence-electron chi connectivity index (χ4n) is 2.86. The molecule has 1 aliphatic rings. The van der Waals surface area contributed by atoms with Crippen LogP contribution in [0.4, 0.5) is 0 Å². The summed E-state index contributed by atoms with van der Waals surface area (Å²) in [7, 11) is -1.61. The molecular formula is C15H20N4O4S2. The van der Waals surface area contributed by atoms with Gasteiger partial charge in [-0.2, -0.15) is 4.98 Å². The van der Waals surface area contributed by atoms with E-state index in [4.69, 9.17) is 4.52 Å². The maximum atomic E-state index is 12.6. The number of aromatic nitrogens is 2. The van der Waals surface area contributed by atoms with Crippen LogP contribution < -0.4 is 0 Å². The fraction of sp³-hybridized carbons (Fsp3) is 0.533. The Morgan fingerprint density at radius 1 is 1.52 bits per heavy atom. The van der Waals surface area contributed by atoms with E-state index in [1.165, 1.54) is 26.8 Å². The third-order valence-corrected chi connectivity index (χ3v) is 6.30. The Hall–Kier alpha value is -1.78. The van der Waals surface area contributed by atoms with Gasteiger partial charge < -0.3 is 9.42 Å². The van der Waals surface area contributed by atoms with Crippen LogP contribution >= 0.6 is 11.3 Å².